The van der Waals surface area contributed by atoms with E-state index < -0.39 is 5.41 Å². The Bertz CT molecular complexity index is 3510. The van der Waals surface area contributed by atoms with Crippen LogP contribution < -0.4 is 0 Å². The lowest BCUT2D eigenvalue weighted by Crippen LogP contribution is -2.29. The molecule has 13 rings (SSSR count). The van der Waals surface area contributed by atoms with Gasteiger partial charge in [0.05, 0.1) is 5.41 Å². The van der Waals surface area contributed by atoms with Gasteiger partial charge < -0.3 is 4.42 Å². The van der Waals surface area contributed by atoms with Crippen LogP contribution in [0.2, 0.25) is 0 Å². The summed E-state index contributed by atoms with van der Waals surface area (Å²) in [6.07, 6.45) is 0. The van der Waals surface area contributed by atoms with Gasteiger partial charge in [-0.25, -0.2) is 0 Å². The fourth-order valence-corrected chi connectivity index (χ4v) is 10.6. The Morgan fingerprint density at radius 1 is 0.328 bits per heavy atom. The van der Waals surface area contributed by atoms with E-state index in [1.54, 1.807) is 0 Å². The van der Waals surface area contributed by atoms with Crippen molar-refractivity contribution >= 4 is 65.0 Å². The minimum atomic E-state index is -0.596. The molecule has 0 unspecified atom stereocenters. The first kappa shape index (κ1) is 31.7. The lowest BCUT2D eigenvalue weighted by Gasteiger charge is -2.35. The molecule has 1 aliphatic carbocycles. The van der Waals surface area contributed by atoms with Gasteiger partial charge in [0.15, 0.2) is 0 Å². The monoisotopic (exact) mass is 734 g/mol. The van der Waals surface area contributed by atoms with E-state index in [0.717, 1.165) is 21.9 Å². The maximum absolute atomic E-state index is 6.38. The molecule has 0 bridgehead atoms. The second kappa shape index (κ2) is 11.8. The third-order valence-electron chi connectivity index (χ3n) is 13.0. The van der Waals surface area contributed by atoms with Crippen molar-refractivity contribution in [1.82, 2.24) is 0 Å². The number of hydrogen-bond donors (Lipinski definition) is 0. The van der Waals surface area contributed by atoms with Crippen LogP contribution in [0.1, 0.15) is 22.3 Å². The Morgan fingerprint density at radius 2 is 0.897 bits per heavy atom. The summed E-state index contributed by atoms with van der Waals surface area (Å²) in [6.45, 7) is 0. The summed E-state index contributed by atoms with van der Waals surface area (Å²) >= 11 is 0. The predicted octanol–water partition coefficient (Wildman–Crippen LogP) is 15.3. The van der Waals surface area contributed by atoms with Crippen molar-refractivity contribution in [2.75, 3.05) is 0 Å². The van der Waals surface area contributed by atoms with E-state index >= 15 is 0 Å². The second-order valence-corrected chi connectivity index (χ2v) is 16.0. The first-order valence-electron chi connectivity index (χ1n) is 20.2. The maximum Gasteiger partial charge on any atom is 0.135 e. The molecule has 0 aliphatic heterocycles. The number of rotatable bonds is 4. The highest BCUT2D eigenvalue weighted by molar-refractivity contribution is 6.24. The van der Waals surface area contributed by atoms with Gasteiger partial charge in [-0.05, 0) is 141 Å². The fourth-order valence-electron chi connectivity index (χ4n) is 10.6. The molecule has 0 amide bonds. The van der Waals surface area contributed by atoms with Crippen molar-refractivity contribution in [3.63, 3.8) is 0 Å². The molecule has 0 saturated heterocycles. The minimum absolute atomic E-state index is 0.596. The molecule has 1 heteroatoms. The lowest BCUT2D eigenvalue weighted by molar-refractivity contribution is 0.669. The number of fused-ring (bicyclic) bond motifs is 8. The average molecular weight is 735 g/mol. The van der Waals surface area contributed by atoms with E-state index in [4.69, 9.17) is 4.42 Å². The van der Waals surface area contributed by atoms with Gasteiger partial charge in [0.1, 0.15) is 11.2 Å². The Morgan fingerprint density at radius 3 is 1.64 bits per heavy atom. The normalized spacial score (nSPS) is 13.3. The van der Waals surface area contributed by atoms with Crippen LogP contribution in [0.15, 0.2) is 211 Å². The molecule has 1 heterocycles. The molecule has 0 saturated carbocycles. The Labute approximate surface area is 335 Å². The summed E-state index contributed by atoms with van der Waals surface area (Å²) in [6, 6.07) is 76.8. The fraction of sp³-hybridized carbons (Fsp3) is 0.0175. The molecule has 1 aliphatic rings. The highest BCUT2D eigenvalue weighted by atomic mass is 16.3. The van der Waals surface area contributed by atoms with Crippen molar-refractivity contribution < 1.29 is 4.42 Å². The van der Waals surface area contributed by atoms with Crippen LogP contribution in [0.5, 0.6) is 0 Å². The molecule has 11 aromatic carbocycles. The van der Waals surface area contributed by atoms with E-state index in [-0.39, 0.29) is 0 Å². The summed E-state index contributed by atoms with van der Waals surface area (Å²) < 4.78 is 6.38. The standard InChI is InChI=1S/C57H34O/c1-3-15-43(16-4-1)57(44-17-5-2-6-18-44)50-34-42(41-30-39-24-22-36-13-11-14-37-23-25-40(31-41)54(39)53(36)37)33-48(55(50)47-28-26-35-12-7-8-19-45(35)56(47)57)38-27-29-52-49(32-38)46-20-9-10-21-51(46)58-52/h1-34H. The van der Waals surface area contributed by atoms with Crippen molar-refractivity contribution in [2.24, 2.45) is 0 Å². The molecule has 0 atom stereocenters. The van der Waals surface area contributed by atoms with Crippen molar-refractivity contribution in [3.8, 4) is 33.4 Å². The van der Waals surface area contributed by atoms with Crippen LogP contribution in [0.25, 0.3) is 98.4 Å². The Kier molecular flexibility index (Phi) is 6.43. The van der Waals surface area contributed by atoms with Crippen molar-refractivity contribution in [2.45, 2.75) is 5.41 Å². The topological polar surface area (TPSA) is 13.1 Å². The SMILES string of the molecule is c1ccc(C2(c3ccccc3)c3cc(-c4cc5ccc6cccc7ccc(c4)c5c67)cc(-c4ccc5oc6ccccc6c5c4)c3-c3ccc4ccccc4c32)cc1. The smallest absolute Gasteiger partial charge is 0.135 e. The van der Waals surface area contributed by atoms with Gasteiger partial charge in [-0.2, -0.15) is 0 Å². The third-order valence-corrected chi connectivity index (χ3v) is 13.0. The van der Waals surface area contributed by atoms with Crippen LogP contribution in [0.4, 0.5) is 0 Å². The lowest BCUT2D eigenvalue weighted by atomic mass is 9.66. The predicted molar refractivity (Wildman–Crippen MR) is 243 cm³/mol. The molecule has 1 nitrogen and oxygen atoms in total. The van der Waals surface area contributed by atoms with E-state index in [1.165, 1.54) is 98.7 Å². The number of hydrogen-bond acceptors (Lipinski definition) is 1. The molecule has 0 N–H and O–H groups in total. The molecule has 58 heavy (non-hydrogen) atoms. The zero-order valence-electron chi connectivity index (χ0n) is 31.5. The summed E-state index contributed by atoms with van der Waals surface area (Å²) in [4.78, 5) is 0. The Balaban J connectivity index is 1.20. The number of para-hydroxylation sites is 1. The molecule has 0 radical (unpaired) electrons. The molecular formula is C57H34O. The Hall–Kier alpha value is -7.48. The number of furan rings is 1. The van der Waals surface area contributed by atoms with Gasteiger partial charge >= 0.3 is 0 Å². The molecule has 0 fully saturated rings. The summed E-state index contributed by atoms with van der Waals surface area (Å²) in [5.41, 5.74) is 13.7. The van der Waals surface area contributed by atoms with Gasteiger partial charge in [-0.1, -0.05) is 164 Å². The average Bonchev–Trinajstić information content (AvgIpc) is 3.82. The van der Waals surface area contributed by atoms with E-state index in [1.807, 2.05) is 6.07 Å². The second-order valence-electron chi connectivity index (χ2n) is 16.0. The van der Waals surface area contributed by atoms with E-state index in [2.05, 4.69) is 200 Å². The van der Waals surface area contributed by atoms with Crippen LogP contribution in [0, 0.1) is 0 Å². The van der Waals surface area contributed by atoms with Gasteiger partial charge in [0.25, 0.3) is 0 Å². The molecule has 268 valence electrons. The third kappa shape index (κ3) is 4.25. The van der Waals surface area contributed by atoms with E-state index in [9.17, 15) is 0 Å². The van der Waals surface area contributed by atoms with Crippen molar-refractivity contribution in [1.29, 1.82) is 0 Å². The summed E-state index contributed by atoms with van der Waals surface area (Å²) in [7, 11) is 0. The van der Waals surface area contributed by atoms with Crippen LogP contribution >= 0.6 is 0 Å². The van der Waals surface area contributed by atoms with Gasteiger partial charge in [0.2, 0.25) is 0 Å². The van der Waals surface area contributed by atoms with Crippen LogP contribution in [-0.2, 0) is 5.41 Å². The minimum Gasteiger partial charge on any atom is -0.456 e. The van der Waals surface area contributed by atoms with Gasteiger partial charge in [-0.3, -0.25) is 0 Å². The quantitative estimate of drug-likeness (QED) is 0.164. The zero-order valence-corrected chi connectivity index (χ0v) is 31.5. The highest BCUT2D eigenvalue weighted by Crippen LogP contribution is 2.61. The van der Waals surface area contributed by atoms with Crippen LogP contribution in [0.3, 0.4) is 0 Å². The first-order chi connectivity index (χ1) is 28.7. The molecule has 1 aromatic heterocycles. The van der Waals surface area contributed by atoms with Crippen molar-refractivity contribution in [3.05, 3.63) is 229 Å². The van der Waals surface area contributed by atoms with Gasteiger partial charge in [-0.15, -0.1) is 0 Å². The largest absolute Gasteiger partial charge is 0.456 e. The summed E-state index contributed by atoms with van der Waals surface area (Å²) in [5.74, 6) is 0. The maximum atomic E-state index is 6.38. The zero-order chi connectivity index (χ0) is 38.0. The van der Waals surface area contributed by atoms with Gasteiger partial charge in [0, 0.05) is 10.8 Å². The molecular weight excluding hydrogens is 701 g/mol. The number of benzene rings is 11. The highest BCUT2D eigenvalue weighted by Gasteiger charge is 2.48. The first-order valence-corrected chi connectivity index (χ1v) is 20.2. The molecule has 12 aromatic rings. The molecule has 0 spiro atoms. The van der Waals surface area contributed by atoms with Crippen LogP contribution in [-0.4, -0.2) is 0 Å². The van der Waals surface area contributed by atoms with E-state index in [0.29, 0.717) is 0 Å². The summed E-state index contributed by atoms with van der Waals surface area (Å²) in [5, 5.41) is 12.5.